The van der Waals surface area contributed by atoms with E-state index < -0.39 is 11.9 Å². The number of pyridine rings is 1. The van der Waals surface area contributed by atoms with Gasteiger partial charge in [0.1, 0.15) is 29.3 Å². The smallest absolute Gasteiger partial charge is 0.311 e. The number of carboxylic acid groups (broad SMARTS) is 1. The molecule has 2 aliphatic rings. The Labute approximate surface area is 114 Å². The first-order valence-electron chi connectivity index (χ1n) is 6.35. The summed E-state index contributed by atoms with van der Waals surface area (Å²) < 4.78 is 11.3. The number of carbonyl (C=O) groups is 1. The highest BCUT2D eigenvalue weighted by Crippen LogP contribution is 2.58. The van der Waals surface area contributed by atoms with Crippen molar-refractivity contribution in [2.45, 2.75) is 12.0 Å². The van der Waals surface area contributed by atoms with Gasteiger partial charge >= 0.3 is 5.97 Å². The van der Waals surface area contributed by atoms with Gasteiger partial charge in [-0.05, 0) is 30.3 Å². The molecule has 1 aromatic carbocycles. The Morgan fingerprint density at radius 2 is 2.00 bits per heavy atom. The van der Waals surface area contributed by atoms with Crippen LogP contribution in [-0.2, 0) is 4.79 Å². The van der Waals surface area contributed by atoms with Gasteiger partial charge in [0.15, 0.2) is 0 Å². The van der Waals surface area contributed by atoms with Crippen LogP contribution >= 0.6 is 0 Å². The maximum Gasteiger partial charge on any atom is 0.311 e. The molecule has 1 saturated carbocycles. The second-order valence-corrected chi connectivity index (χ2v) is 4.96. The Morgan fingerprint density at radius 1 is 1.20 bits per heavy atom. The van der Waals surface area contributed by atoms with Gasteiger partial charge in [-0.2, -0.15) is 0 Å². The maximum absolute atomic E-state index is 11.0. The second-order valence-electron chi connectivity index (χ2n) is 4.96. The van der Waals surface area contributed by atoms with E-state index in [1.807, 2.05) is 18.2 Å². The summed E-state index contributed by atoms with van der Waals surface area (Å²) in [5.74, 6) is 0.879. The predicted octanol–water partition coefficient (Wildman–Crippen LogP) is 2.43. The molecule has 2 heterocycles. The number of carboxylic acids is 1. The van der Waals surface area contributed by atoms with E-state index in [0.29, 0.717) is 11.5 Å². The summed E-state index contributed by atoms with van der Waals surface area (Å²) in [6, 6.07) is 9.05. The van der Waals surface area contributed by atoms with Gasteiger partial charge in [-0.1, -0.05) is 0 Å². The van der Waals surface area contributed by atoms with Crippen molar-refractivity contribution in [3.8, 4) is 17.2 Å². The second kappa shape index (κ2) is 3.96. The number of hydrogen-bond donors (Lipinski definition) is 1. The van der Waals surface area contributed by atoms with Gasteiger partial charge in [0.05, 0.1) is 0 Å². The van der Waals surface area contributed by atoms with Gasteiger partial charge in [-0.25, -0.2) is 0 Å². The first kappa shape index (κ1) is 11.3. The lowest BCUT2D eigenvalue weighted by Gasteiger charge is -2.09. The van der Waals surface area contributed by atoms with Crippen LogP contribution in [-0.4, -0.2) is 22.2 Å². The molecular formula is C15H11NO4. The normalized spacial score (nSPS) is 25.3. The SMILES string of the molecule is O=C(O)[C@@H]1C2Oc3ccc(Oc4ccncc4)cc3[C@H]21. The van der Waals surface area contributed by atoms with Gasteiger partial charge < -0.3 is 14.6 Å². The topological polar surface area (TPSA) is 68.7 Å². The third-order valence-corrected chi connectivity index (χ3v) is 3.73. The molecule has 100 valence electrons. The van der Waals surface area contributed by atoms with Crippen molar-refractivity contribution in [1.82, 2.24) is 4.98 Å². The van der Waals surface area contributed by atoms with Crippen LogP contribution in [0.5, 0.6) is 17.2 Å². The van der Waals surface area contributed by atoms with Crippen LogP contribution in [0.4, 0.5) is 0 Å². The Kier molecular flexibility index (Phi) is 2.24. The van der Waals surface area contributed by atoms with Gasteiger partial charge in [0.25, 0.3) is 0 Å². The quantitative estimate of drug-likeness (QED) is 0.926. The van der Waals surface area contributed by atoms with Crippen LogP contribution in [0.15, 0.2) is 42.7 Å². The molecule has 1 N–H and O–H groups in total. The van der Waals surface area contributed by atoms with Crippen LogP contribution in [0.25, 0.3) is 0 Å². The Morgan fingerprint density at radius 3 is 2.75 bits per heavy atom. The van der Waals surface area contributed by atoms with Crippen LogP contribution in [0.2, 0.25) is 0 Å². The molecule has 1 aromatic heterocycles. The fraction of sp³-hybridized carbons (Fsp3) is 0.200. The van der Waals surface area contributed by atoms with E-state index in [4.69, 9.17) is 14.6 Å². The average Bonchev–Trinajstić information content (AvgIpc) is 3.05. The number of ether oxygens (including phenoxy) is 2. The monoisotopic (exact) mass is 269 g/mol. The van der Waals surface area contributed by atoms with Gasteiger partial charge in [0.2, 0.25) is 0 Å². The first-order valence-corrected chi connectivity index (χ1v) is 6.35. The fourth-order valence-electron chi connectivity index (χ4n) is 2.74. The molecule has 0 spiro atoms. The molecule has 1 aliphatic carbocycles. The number of aromatic nitrogens is 1. The molecule has 0 radical (unpaired) electrons. The molecular weight excluding hydrogens is 258 g/mol. The summed E-state index contributed by atoms with van der Waals surface area (Å²) in [7, 11) is 0. The average molecular weight is 269 g/mol. The zero-order valence-electron chi connectivity index (χ0n) is 10.4. The fourth-order valence-corrected chi connectivity index (χ4v) is 2.74. The minimum absolute atomic E-state index is 0.0384. The lowest BCUT2D eigenvalue weighted by Crippen LogP contribution is -2.08. The minimum atomic E-state index is -0.800. The maximum atomic E-state index is 11.0. The van der Waals surface area contributed by atoms with Gasteiger partial charge in [-0.15, -0.1) is 0 Å². The molecule has 0 bridgehead atoms. The summed E-state index contributed by atoms with van der Waals surface area (Å²) in [5, 5.41) is 9.07. The lowest BCUT2D eigenvalue weighted by atomic mass is 10.1. The molecule has 1 unspecified atom stereocenters. The molecule has 1 aliphatic heterocycles. The zero-order valence-corrected chi connectivity index (χ0v) is 10.4. The van der Waals surface area contributed by atoms with Crippen molar-refractivity contribution in [2.75, 3.05) is 0 Å². The van der Waals surface area contributed by atoms with Crippen LogP contribution in [0.3, 0.4) is 0 Å². The molecule has 5 nitrogen and oxygen atoms in total. The van der Waals surface area contributed by atoms with E-state index in [9.17, 15) is 4.79 Å². The first-order chi connectivity index (χ1) is 9.74. The highest BCUT2D eigenvalue weighted by Gasteiger charge is 2.63. The molecule has 2 aromatic rings. The number of aliphatic carboxylic acids is 1. The molecule has 4 rings (SSSR count). The summed E-state index contributed by atoms with van der Waals surface area (Å²) in [6.07, 6.45) is 3.10. The minimum Gasteiger partial charge on any atom is -0.489 e. The number of benzene rings is 1. The van der Waals surface area contributed by atoms with E-state index >= 15 is 0 Å². The van der Waals surface area contributed by atoms with E-state index in [1.165, 1.54) is 0 Å². The number of nitrogens with zero attached hydrogens (tertiary/aromatic N) is 1. The summed E-state index contributed by atoms with van der Waals surface area (Å²) >= 11 is 0. The van der Waals surface area contributed by atoms with Crippen molar-refractivity contribution < 1.29 is 19.4 Å². The molecule has 5 heteroatoms. The molecule has 1 fully saturated rings. The Bertz CT molecular complexity index is 686. The summed E-state index contributed by atoms with van der Waals surface area (Å²) in [6.45, 7) is 0. The lowest BCUT2D eigenvalue weighted by molar-refractivity contribution is -0.139. The molecule has 3 atom stereocenters. The third kappa shape index (κ3) is 1.63. The number of fused-ring (bicyclic) bond motifs is 3. The predicted molar refractivity (Wildman–Crippen MR) is 69.0 cm³/mol. The van der Waals surface area contributed by atoms with Crippen molar-refractivity contribution in [2.24, 2.45) is 5.92 Å². The van der Waals surface area contributed by atoms with Crippen LogP contribution in [0.1, 0.15) is 11.5 Å². The van der Waals surface area contributed by atoms with E-state index in [1.54, 1.807) is 24.5 Å². The van der Waals surface area contributed by atoms with Crippen LogP contribution in [0, 0.1) is 5.92 Å². The molecule has 0 saturated heterocycles. The van der Waals surface area contributed by atoms with Crippen molar-refractivity contribution in [3.63, 3.8) is 0 Å². The van der Waals surface area contributed by atoms with E-state index in [-0.39, 0.29) is 12.0 Å². The van der Waals surface area contributed by atoms with Gasteiger partial charge in [-0.3, -0.25) is 9.78 Å². The third-order valence-electron chi connectivity index (χ3n) is 3.73. The number of hydrogen-bond acceptors (Lipinski definition) is 4. The summed E-state index contributed by atoms with van der Waals surface area (Å²) in [4.78, 5) is 15.0. The standard InChI is InChI=1S/C15H11NO4/c17-15(18)13-12-10-7-9(1-2-11(10)20-14(12)13)19-8-3-5-16-6-4-8/h1-7,12-14H,(H,17,18)/t12-,13-,14?/m0/s1. The zero-order chi connectivity index (χ0) is 13.7. The highest BCUT2D eigenvalue weighted by atomic mass is 16.5. The Balaban J connectivity index is 1.61. The van der Waals surface area contributed by atoms with Gasteiger partial charge in [0, 0.05) is 23.9 Å². The number of rotatable bonds is 3. The largest absolute Gasteiger partial charge is 0.489 e. The highest BCUT2D eigenvalue weighted by molar-refractivity contribution is 5.79. The van der Waals surface area contributed by atoms with E-state index in [2.05, 4.69) is 4.98 Å². The van der Waals surface area contributed by atoms with E-state index in [0.717, 1.165) is 11.3 Å². The van der Waals surface area contributed by atoms with Crippen molar-refractivity contribution >= 4 is 5.97 Å². The van der Waals surface area contributed by atoms with Crippen molar-refractivity contribution in [1.29, 1.82) is 0 Å². The van der Waals surface area contributed by atoms with Crippen LogP contribution < -0.4 is 9.47 Å². The Hall–Kier alpha value is -2.56. The molecule has 20 heavy (non-hydrogen) atoms. The van der Waals surface area contributed by atoms with Crippen molar-refractivity contribution in [3.05, 3.63) is 48.3 Å². The summed E-state index contributed by atoms with van der Waals surface area (Å²) in [5.41, 5.74) is 0.925. The molecule has 0 amide bonds.